The number of nitrogens with zero attached hydrogens (tertiary/aromatic N) is 2. The fourth-order valence-corrected chi connectivity index (χ4v) is 2.54. The van der Waals surface area contributed by atoms with E-state index in [1.165, 1.54) is 11.3 Å². The molecule has 0 aliphatic carbocycles. The van der Waals surface area contributed by atoms with Crippen LogP contribution in [0, 0.1) is 6.92 Å². The lowest BCUT2D eigenvalue weighted by Crippen LogP contribution is -2.11. The SMILES string of the molecule is CCCCNc1c(C(=O)O)c(C)nc2scnc12. The number of aromatic carboxylic acids is 1. The number of carbonyl (C=O) groups is 1. The van der Waals surface area contributed by atoms with E-state index in [0.717, 1.165) is 24.2 Å². The van der Waals surface area contributed by atoms with E-state index in [-0.39, 0.29) is 5.56 Å². The number of hydrogen-bond acceptors (Lipinski definition) is 5. The highest BCUT2D eigenvalue weighted by molar-refractivity contribution is 7.16. The van der Waals surface area contributed by atoms with Crippen molar-refractivity contribution in [2.24, 2.45) is 0 Å². The first-order valence-corrected chi connectivity index (χ1v) is 6.74. The minimum absolute atomic E-state index is 0.226. The van der Waals surface area contributed by atoms with Gasteiger partial charge in [0.15, 0.2) is 0 Å². The van der Waals surface area contributed by atoms with Crippen molar-refractivity contribution < 1.29 is 9.90 Å². The van der Waals surface area contributed by atoms with Crippen LogP contribution in [0.5, 0.6) is 0 Å². The monoisotopic (exact) mass is 265 g/mol. The maximum Gasteiger partial charge on any atom is 0.339 e. The zero-order chi connectivity index (χ0) is 13.1. The lowest BCUT2D eigenvalue weighted by Gasteiger charge is -2.11. The Bertz CT molecular complexity index is 580. The van der Waals surface area contributed by atoms with E-state index in [9.17, 15) is 9.90 Å². The number of thiazole rings is 1. The average Bonchev–Trinajstić information content (AvgIpc) is 2.76. The van der Waals surface area contributed by atoms with Gasteiger partial charge in [-0.05, 0) is 13.3 Å². The van der Waals surface area contributed by atoms with Crippen molar-refractivity contribution in [3.05, 3.63) is 16.8 Å². The molecule has 2 aromatic rings. The third kappa shape index (κ3) is 2.28. The van der Waals surface area contributed by atoms with Gasteiger partial charge in [-0.1, -0.05) is 13.3 Å². The fraction of sp³-hybridized carbons (Fsp3) is 0.417. The molecule has 2 aromatic heterocycles. The second-order valence-corrected chi connectivity index (χ2v) is 4.87. The predicted octanol–water partition coefficient (Wildman–Crippen LogP) is 2.91. The number of rotatable bonds is 5. The van der Waals surface area contributed by atoms with Gasteiger partial charge in [-0.3, -0.25) is 0 Å². The van der Waals surface area contributed by atoms with Crippen LogP contribution in [0.3, 0.4) is 0 Å². The van der Waals surface area contributed by atoms with Crippen LogP contribution in [0.2, 0.25) is 0 Å². The Hall–Kier alpha value is -1.69. The highest BCUT2D eigenvalue weighted by atomic mass is 32.1. The van der Waals surface area contributed by atoms with Crippen LogP contribution in [0.4, 0.5) is 5.69 Å². The number of fused-ring (bicyclic) bond motifs is 1. The number of pyridine rings is 1. The number of carboxylic acid groups (broad SMARTS) is 1. The molecule has 0 radical (unpaired) electrons. The molecule has 0 bridgehead atoms. The number of aryl methyl sites for hydroxylation is 1. The molecular formula is C12H15N3O2S. The van der Waals surface area contributed by atoms with Crippen molar-refractivity contribution in [2.75, 3.05) is 11.9 Å². The van der Waals surface area contributed by atoms with Crippen molar-refractivity contribution in [3.8, 4) is 0 Å². The number of unbranched alkanes of at least 4 members (excludes halogenated alkanes) is 1. The Morgan fingerprint density at radius 1 is 1.56 bits per heavy atom. The van der Waals surface area contributed by atoms with E-state index in [1.807, 2.05) is 0 Å². The van der Waals surface area contributed by atoms with Crippen molar-refractivity contribution in [3.63, 3.8) is 0 Å². The molecule has 0 saturated carbocycles. The lowest BCUT2D eigenvalue weighted by molar-refractivity contribution is 0.0697. The van der Waals surface area contributed by atoms with Crippen molar-refractivity contribution in [1.82, 2.24) is 9.97 Å². The van der Waals surface area contributed by atoms with Crippen LogP contribution < -0.4 is 5.32 Å². The molecule has 18 heavy (non-hydrogen) atoms. The molecule has 0 unspecified atom stereocenters. The zero-order valence-corrected chi connectivity index (χ0v) is 11.2. The third-order valence-electron chi connectivity index (χ3n) is 2.71. The average molecular weight is 265 g/mol. The number of anilines is 1. The first kappa shape index (κ1) is 12.8. The van der Waals surface area contributed by atoms with Gasteiger partial charge in [-0.15, -0.1) is 11.3 Å². The maximum absolute atomic E-state index is 11.3. The summed E-state index contributed by atoms with van der Waals surface area (Å²) in [5.74, 6) is -0.964. The summed E-state index contributed by atoms with van der Waals surface area (Å²) in [4.78, 5) is 20.6. The van der Waals surface area contributed by atoms with Crippen LogP contribution in [0.25, 0.3) is 10.3 Å². The van der Waals surface area contributed by atoms with Crippen LogP contribution in [-0.4, -0.2) is 27.6 Å². The molecule has 2 heterocycles. The fourth-order valence-electron chi connectivity index (χ4n) is 1.82. The molecule has 0 amide bonds. The van der Waals surface area contributed by atoms with Crippen molar-refractivity contribution >= 4 is 33.3 Å². The van der Waals surface area contributed by atoms with Crippen LogP contribution in [0.15, 0.2) is 5.51 Å². The molecule has 0 saturated heterocycles. The third-order valence-corrected chi connectivity index (χ3v) is 3.43. The van der Waals surface area contributed by atoms with Gasteiger partial charge < -0.3 is 10.4 Å². The molecule has 0 aliphatic rings. The molecule has 0 aromatic carbocycles. The molecule has 0 aliphatic heterocycles. The topological polar surface area (TPSA) is 75.1 Å². The summed E-state index contributed by atoms with van der Waals surface area (Å²) in [6.45, 7) is 4.55. The number of carboxylic acids is 1. The maximum atomic E-state index is 11.3. The summed E-state index contributed by atoms with van der Waals surface area (Å²) in [6, 6.07) is 0. The van der Waals surface area contributed by atoms with Gasteiger partial charge in [0.1, 0.15) is 15.9 Å². The molecule has 5 nitrogen and oxygen atoms in total. The molecule has 0 spiro atoms. The second kappa shape index (κ2) is 5.30. The Labute approximate surface area is 109 Å². The smallest absolute Gasteiger partial charge is 0.339 e. The van der Waals surface area contributed by atoms with E-state index in [0.29, 0.717) is 16.9 Å². The van der Waals surface area contributed by atoms with Crippen molar-refractivity contribution in [2.45, 2.75) is 26.7 Å². The van der Waals surface area contributed by atoms with E-state index >= 15 is 0 Å². The summed E-state index contributed by atoms with van der Waals surface area (Å²) in [6.07, 6.45) is 2.05. The van der Waals surface area contributed by atoms with Gasteiger partial charge in [-0.2, -0.15) is 0 Å². The van der Waals surface area contributed by atoms with Crippen LogP contribution >= 0.6 is 11.3 Å². The lowest BCUT2D eigenvalue weighted by atomic mass is 10.1. The molecular weight excluding hydrogens is 250 g/mol. The minimum atomic E-state index is -0.964. The van der Waals surface area contributed by atoms with Gasteiger partial charge in [0.2, 0.25) is 0 Å². The molecule has 0 atom stereocenters. The number of aromatic nitrogens is 2. The largest absolute Gasteiger partial charge is 0.478 e. The van der Waals surface area contributed by atoms with Crippen LogP contribution in [0.1, 0.15) is 35.8 Å². The summed E-state index contributed by atoms with van der Waals surface area (Å²) in [5, 5.41) is 12.5. The highest BCUT2D eigenvalue weighted by Crippen LogP contribution is 2.29. The Kier molecular flexibility index (Phi) is 3.76. The van der Waals surface area contributed by atoms with E-state index in [4.69, 9.17) is 0 Å². The first-order valence-electron chi connectivity index (χ1n) is 5.86. The minimum Gasteiger partial charge on any atom is -0.478 e. The molecule has 2 N–H and O–H groups in total. The highest BCUT2D eigenvalue weighted by Gasteiger charge is 2.19. The van der Waals surface area contributed by atoms with E-state index < -0.39 is 5.97 Å². The predicted molar refractivity (Wildman–Crippen MR) is 72.5 cm³/mol. The summed E-state index contributed by atoms with van der Waals surface area (Å²) < 4.78 is 0. The van der Waals surface area contributed by atoms with Gasteiger partial charge in [0, 0.05) is 6.54 Å². The Morgan fingerprint density at radius 3 is 3.00 bits per heavy atom. The number of nitrogens with one attached hydrogen (secondary N) is 1. The second-order valence-electron chi connectivity index (χ2n) is 4.04. The Morgan fingerprint density at radius 2 is 2.33 bits per heavy atom. The summed E-state index contributed by atoms with van der Waals surface area (Å²) in [5.41, 5.74) is 3.69. The summed E-state index contributed by atoms with van der Waals surface area (Å²) >= 11 is 1.42. The van der Waals surface area contributed by atoms with Gasteiger partial charge in [0.25, 0.3) is 0 Å². The molecule has 6 heteroatoms. The summed E-state index contributed by atoms with van der Waals surface area (Å²) in [7, 11) is 0. The van der Waals surface area contributed by atoms with E-state index in [2.05, 4.69) is 22.2 Å². The van der Waals surface area contributed by atoms with Gasteiger partial charge in [0.05, 0.1) is 16.9 Å². The number of hydrogen-bond donors (Lipinski definition) is 2. The van der Waals surface area contributed by atoms with Gasteiger partial charge >= 0.3 is 5.97 Å². The normalized spacial score (nSPS) is 10.8. The molecule has 0 fully saturated rings. The Balaban J connectivity index is 2.52. The first-order chi connectivity index (χ1) is 8.65. The quantitative estimate of drug-likeness (QED) is 0.813. The van der Waals surface area contributed by atoms with Crippen molar-refractivity contribution in [1.29, 1.82) is 0 Å². The molecule has 2 rings (SSSR count). The van der Waals surface area contributed by atoms with E-state index in [1.54, 1.807) is 12.4 Å². The zero-order valence-electron chi connectivity index (χ0n) is 10.4. The standard InChI is InChI=1S/C12H15N3O2S/c1-3-4-5-13-9-8(12(16)17)7(2)15-11-10(9)14-6-18-11/h6H,3-5H2,1-2H3,(H,13,15)(H,16,17). The van der Waals surface area contributed by atoms with Gasteiger partial charge in [-0.25, -0.2) is 14.8 Å². The van der Waals surface area contributed by atoms with Crippen LogP contribution in [-0.2, 0) is 0 Å². The molecule has 96 valence electrons.